The molecule has 21 heavy (non-hydrogen) atoms. The summed E-state index contributed by atoms with van der Waals surface area (Å²) in [5.74, 6) is 0.208. The minimum absolute atomic E-state index is 0.0493. The van der Waals surface area contributed by atoms with Gasteiger partial charge in [0.05, 0.1) is 11.8 Å². The number of halogens is 1. The first-order valence-electron chi connectivity index (χ1n) is 7.38. The van der Waals surface area contributed by atoms with E-state index in [2.05, 4.69) is 15.6 Å². The topological polar surface area (TPSA) is 74.2 Å². The van der Waals surface area contributed by atoms with E-state index in [1.165, 1.54) is 0 Å². The number of amides is 1. The van der Waals surface area contributed by atoms with Crippen molar-refractivity contribution in [1.82, 2.24) is 10.3 Å². The van der Waals surface area contributed by atoms with Crippen LogP contribution in [0.4, 0.5) is 5.69 Å². The van der Waals surface area contributed by atoms with Crippen LogP contribution in [0.15, 0.2) is 18.3 Å². The van der Waals surface area contributed by atoms with E-state index in [1.54, 1.807) is 18.3 Å². The van der Waals surface area contributed by atoms with Crippen LogP contribution in [0.1, 0.15) is 32.6 Å². The normalized spacial score (nSPS) is 23.0. The van der Waals surface area contributed by atoms with Crippen LogP contribution >= 0.6 is 11.6 Å². The van der Waals surface area contributed by atoms with Crippen LogP contribution < -0.4 is 10.6 Å². The Bertz CT molecular complexity index is 484. The number of nitrogens with one attached hydrogen (secondary N) is 2. The molecule has 0 bridgehead atoms. The van der Waals surface area contributed by atoms with Gasteiger partial charge >= 0.3 is 0 Å². The number of carbonyl (C=O) groups is 1. The molecule has 3 atom stereocenters. The first-order valence-corrected chi connectivity index (χ1v) is 7.76. The minimum Gasteiger partial charge on any atom is -0.393 e. The first-order chi connectivity index (χ1) is 10.1. The molecule has 1 aliphatic carbocycles. The minimum atomic E-state index is -0.201. The van der Waals surface area contributed by atoms with Gasteiger partial charge in [0, 0.05) is 25.2 Å². The lowest BCUT2D eigenvalue weighted by Gasteiger charge is -2.19. The molecule has 0 saturated heterocycles. The van der Waals surface area contributed by atoms with Crippen LogP contribution in [0, 0.1) is 5.92 Å². The summed E-state index contributed by atoms with van der Waals surface area (Å²) in [6, 6.07) is 3.50. The van der Waals surface area contributed by atoms with Gasteiger partial charge in [-0.1, -0.05) is 18.0 Å². The van der Waals surface area contributed by atoms with Crippen molar-refractivity contribution >= 4 is 23.2 Å². The summed E-state index contributed by atoms with van der Waals surface area (Å²) in [5, 5.41) is 16.1. The average Bonchev–Trinajstić information content (AvgIpc) is 2.84. The number of rotatable bonds is 6. The van der Waals surface area contributed by atoms with Gasteiger partial charge in [-0.15, -0.1) is 0 Å². The second kappa shape index (κ2) is 7.73. The molecule has 0 aliphatic heterocycles. The standard InChI is InChI=1S/C15H22ClN3O2/c1-10(18-9-11-4-2-6-13(11)20)8-14(21)19-12-5-3-7-17-15(12)16/h3,5,7,10-11,13,18,20H,2,4,6,8-9H2,1H3,(H,19,21). The van der Waals surface area contributed by atoms with Crippen LogP contribution in [0.2, 0.25) is 5.15 Å². The Balaban J connectivity index is 1.73. The molecule has 2 rings (SSSR count). The summed E-state index contributed by atoms with van der Waals surface area (Å²) < 4.78 is 0. The molecular formula is C15H22ClN3O2. The van der Waals surface area contributed by atoms with Crippen LogP contribution in [0.3, 0.4) is 0 Å². The molecule has 116 valence electrons. The lowest BCUT2D eigenvalue weighted by Crippen LogP contribution is -2.36. The van der Waals surface area contributed by atoms with Crippen LogP contribution in [-0.2, 0) is 4.79 Å². The smallest absolute Gasteiger partial charge is 0.226 e. The molecule has 3 unspecified atom stereocenters. The third-order valence-corrected chi connectivity index (χ3v) is 4.17. The fraction of sp³-hybridized carbons (Fsp3) is 0.600. The van der Waals surface area contributed by atoms with Crippen molar-refractivity contribution in [3.63, 3.8) is 0 Å². The second-order valence-electron chi connectivity index (χ2n) is 5.66. The summed E-state index contributed by atoms with van der Waals surface area (Å²) in [7, 11) is 0. The Morgan fingerprint density at radius 3 is 3.05 bits per heavy atom. The Morgan fingerprint density at radius 1 is 1.57 bits per heavy atom. The summed E-state index contributed by atoms with van der Waals surface area (Å²) in [5.41, 5.74) is 0.530. The zero-order valence-electron chi connectivity index (χ0n) is 12.2. The highest BCUT2D eigenvalue weighted by Crippen LogP contribution is 2.24. The molecule has 6 heteroatoms. The highest BCUT2D eigenvalue weighted by molar-refractivity contribution is 6.32. The molecule has 1 amide bonds. The number of aliphatic hydroxyl groups excluding tert-OH is 1. The molecule has 0 radical (unpaired) electrons. The van der Waals surface area contributed by atoms with Gasteiger partial charge in [-0.25, -0.2) is 4.98 Å². The Hall–Kier alpha value is -1.17. The van der Waals surface area contributed by atoms with Crippen molar-refractivity contribution < 1.29 is 9.90 Å². The number of hydrogen-bond acceptors (Lipinski definition) is 4. The van der Waals surface area contributed by atoms with Crippen LogP contribution in [-0.4, -0.2) is 34.7 Å². The maximum absolute atomic E-state index is 11.9. The van der Waals surface area contributed by atoms with Crippen molar-refractivity contribution in [3.05, 3.63) is 23.5 Å². The quantitative estimate of drug-likeness (QED) is 0.704. The predicted molar refractivity (Wildman–Crippen MR) is 83.3 cm³/mol. The number of pyridine rings is 1. The number of carbonyl (C=O) groups excluding carboxylic acids is 1. The molecule has 1 aromatic rings. The first kappa shape index (κ1) is 16.2. The van der Waals surface area contributed by atoms with Crippen molar-refractivity contribution in [1.29, 1.82) is 0 Å². The van der Waals surface area contributed by atoms with E-state index in [4.69, 9.17) is 11.6 Å². The van der Waals surface area contributed by atoms with E-state index < -0.39 is 0 Å². The predicted octanol–water partition coefficient (Wildman–Crippen LogP) is 2.20. The van der Waals surface area contributed by atoms with Crippen molar-refractivity contribution in [2.45, 2.75) is 44.8 Å². The van der Waals surface area contributed by atoms with E-state index in [1.807, 2.05) is 6.92 Å². The van der Waals surface area contributed by atoms with E-state index >= 15 is 0 Å². The third-order valence-electron chi connectivity index (χ3n) is 3.87. The largest absolute Gasteiger partial charge is 0.393 e. The molecule has 1 saturated carbocycles. The number of aliphatic hydroxyl groups is 1. The summed E-state index contributed by atoms with van der Waals surface area (Å²) in [6.45, 7) is 2.72. The average molecular weight is 312 g/mol. The maximum atomic E-state index is 11.9. The molecule has 0 aromatic carbocycles. The van der Waals surface area contributed by atoms with Crippen molar-refractivity contribution in [2.24, 2.45) is 5.92 Å². The van der Waals surface area contributed by atoms with Gasteiger partial charge in [0.25, 0.3) is 0 Å². The zero-order chi connectivity index (χ0) is 15.2. The number of nitrogens with zero attached hydrogens (tertiary/aromatic N) is 1. The van der Waals surface area contributed by atoms with Gasteiger partial charge in [-0.3, -0.25) is 4.79 Å². The highest BCUT2D eigenvalue weighted by Gasteiger charge is 2.25. The molecule has 0 spiro atoms. The van der Waals surface area contributed by atoms with Crippen LogP contribution in [0.25, 0.3) is 0 Å². The highest BCUT2D eigenvalue weighted by atomic mass is 35.5. The van der Waals surface area contributed by atoms with Gasteiger partial charge in [-0.05, 0) is 37.8 Å². The summed E-state index contributed by atoms with van der Waals surface area (Å²) in [4.78, 5) is 15.9. The summed E-state index contributed by atoms with van der Waals surface area (Å²) >= 11 is 5.90. The lowest BCUT2D eigenvalue weighted by molar-refractivity contribution is -0.116. The fourth-order valence-electron chi connectivity index (χ4n) is 2.64. The van der Waals surface area contributed by atoms with E-state index in [9.17, 15) is 9.90 Å². The SMILES string of the molecule is CC(CC(=O)Nc1cccnc1Cl)NCC1CCCC1O. The maximum Gasteiger partial charge on any atom is 0.226 e. The molecule has 3 N–H and O–H groups in total. The molecule has 1 fully saturated rings. The number of anilines is 1. The van der Waals surface area contributed by atoms with Crippen LogP contribution in [0.5, 0.6) is 0 Å². The number of aromatic nitrogens is 1. The molecule has 1 aliphatic rings. The van der Waals surface area contributed by atoms with Crippen molar-refractivity contribution in [2.75, 3.05) is 11.9 Å². The zero-order valence-corrected chi connectivity index (χ0v) is 12.9. The van der Waals surface area contributed by atoms with E-state index in [-0.39, 0.29) is 18.1 Å². The summed E-state index contributed by atoms with van der Waals surface area (Å²) in [6.07, 6.45) is 4.76. The van der Waals surface area contributed by atoms with Gasteiger partial charge in [0.1, 0.15) is 0 Å². The molecular weight excluding hydrogens is 290 g/mol. The number of hydrogen-bond donors (Lipinski definition) is 3. The third kappa shape index (κ3) is 4.95. The molecule has 5 nitrogen and oxygen atoms in total. The Morgan fingerprint density at radius 2 is 2.38 bits per heavy atom. The monoisotopic (exact) mass is 311 g/mol. The van der Waals surface area contributed by atoms with Gasteiger partial charge in [0.15, 0.2) is 5.15 Å². The van der Waals surface area contributed by atoms with E-state index in [0.717, 1.165) is 25.8 Å². The fourth-order valence-corrected chi connectivity index (χ4v) is 2.81. The lowest BCUT2D eigenvalue weighted by atomic mass is 10.1. The molecule has 1 heterocycles. The Labute approximate surface area is 130 Å². The van der Waals surface area contributed by atoms with Crippen molar-refractivity contribution in [3.8, 4) is 0 Å². The second-order valence-corrected chi connectivity index (χ2v) is 6.02. The Kier molecular flexibility index (Phi) is 5.96. The molecule has 1 aromatic heterocycles. The van der Waals surface area contributed by atoms with E-state index in [0.29, 0.717) is 23.2 Å². The van der Waals surface area contributed by atoms with Gasteiger partial charge < -0.3 is 15.7 Å². The van der Waals surface area contributed by atoms with Gasteiger partial charge in [0.2, 0.25) is 5.91 Å². The van der Waals surface area contributed by atoms with Gasteiger partial charge in [-0.2, -0.15) is 0 Å².